The van der Waals surface area contributed by atoms with Crippen LogP contribution in [0.1, 0.15) is 36.7 Å². The summed E-state index contributed by atoms with van der Waals surface area (Å²) >= 11 is 0. The first-order chi connectivity index (χ1) is 11.2. The molecule has 0 unspecified atom stereocenters. The van der Waals surface area contributed by atoms with Crippen LogP contribution in [-0.4, -0.2) is 17.6 Å². The number of fused-ring (bicyclic) bond motifs is 1. The number of hydrogen-bond donors (Lipinski definition) is 0. The first-order valence-corrected chi connectivity index (χ1v) is 8.09. The molecule has 2 heterocycles. The van der Waals surface area contributed by atoms with Crippen molar-refractivity contribution in [3.63, 3.8) is 0 Å². The average molecular weight is 309 g/mol. The number of benzene rings is 1. The SMILES string of the molecule is CCc1cccc(CC(=O)C2(c3ccc4c(c3)OCO4)CC2)n1. The van der Waals surface area contributed by atoms with Crippen LogP contribution in [0.15, 0.2) is 36.4 Å². The van der Waals surface area contributed by atoms with Crippen LogP contribution in [0.3, 0.4) is 0 Å². The molecule has 0 amide bonds. The van der Waals surface area contributed by atoms with Gasteiger partial charge in [-0.15, -0.1) is 0 Å². The molecule has 1 aliphatic heterocycles. The van der Waals surface area contributed by atoms with Crippen LogP contribution in [-0.2, 0) is 23.1 Å². The highest BCUT2D eigenvalue weighted by Crippen LogP contribution is 2.51. The van der Waals surface area contributed by atoms with Gasteiger partial charge in [0.25, 0.3) is 0 Å². The zero-order chi connectivity index (χ0) is 15.9. The lowest BCUT2D eigenvalue weighted by Gasteiger charge is -2.15. The van der Waals surface area contributed by atoms with E-state index in [9.17, 15) is 4.79 Å². The summed E-state index contributed by atoms with van der Waals surface area (Å²) in [5, 5.41) is 0. The van der Waals surface area contributed by atoms with Crippen molar-refractivity contribution in [2.24, 2.45) is 0 Å². The van der Waals surface area contributed by atoms with E-state index in [1.54, 1.807) is 0 Å². The fraction of sp³-hybridized carbons (Fsp3) is 0.368. The Morgan fingerprint density at radius 3 is 2.70 bits per heavy atom. The minimum absolute atomic E-state index is 0.247. The van der Waals surface area contributed by atoms with Gasteiger partial charge >= 0.3 is 0 Å². The monoisotopic (exact) mass is 309 g/mol. The number of hydrogen-bond acceptors (Lipinski definition) is 4. The van der Waals surface area contributed by atoms with Gasteiger partial charge in [-0.05, 0) is 49.1 Å². The Morgan fingerprint density at radius 1 is 1.13 bits per heavy atom. The van der Waals surface area contributed by atoms with Crippen LogP contribution >= 0.6 is 0 Å². The second-order valence-corrected chi connectivity index (χ2v) is 6.22. The van der Waals surface area contributed by atoms with Crippen LogP contribution in [0.2, 0.25) is 0 Å². The highest BCUT2D eigenvalue weighted by molar-refractivity contribution is 5.94. The van der Waals surface area contributed by atoms with Crippen molar-refractivity contribution in [2.75, 3.05) is 6.79 Å². The van der Waals surface area contributed by atoms with Crippen LogP contribution in [0.25, 0.3) is 0 Å². The number of ether oxygens (including phenoxy) is 2. The van der Waals surface area contributed by atoms with Gasteiger partial charge in [0.2, 0.25) is 6.79 Å². The van der Waals surface area contributed by atoms with E-state index in [0.717, 1.165) is 47.7 Å². The molecule has 0 N–H and O–H groups in total. The van der Waals surface area contributed by atoms with Crippen LogP contribution < -0.4 is 9.47 Å². The number of carbonyl (C=O) groups is 1. The Kier molecular flexibility index (Phi) is 3.33. The zero-order valence-electron chi connectivity index (χ0n) is 13.2. The van der Waals surface area contributed by atoms with E-state index in [2.05, 4.69) is 11.9 Å². The summed E-state index contributed by atoms with van der Waals surface area (Å²) < 4.78 is 10.8. The Hall–Kier alpha value is -2.36. The van der Waals surface area contributed by atoms with E-state index in [-0.39, 0.29) is 18.0 Å². The molecule has 0 radical (unpaired) electrons. The first kappa shape index (κ1) is 14.2. The zero-order valence-corrected chi connectivity index (χ0v) is 13.2. The average Bonchev–Trinajstić information content (AvgIpc) is 3.26. The lowest BCUT2D eigenvalue weighted by molar-refractivity contribution is -0.120. The van der Waals surface area contributed by atoms with E-state index in [1.165, 1.54) is 0 Å². The maximum absolute atomic E-state index is 12.9. The van der Waals surface area contributed by atoms with Crippen molar-refractivity contribution in [2.45, 2.75) is 38.0 Å². The number of rotatable bonds is 5. The van der Waals surface area contributed by atoms with E-state index < -0.39 is 0 Å². The molecule has 2 aliphatic rings. The van der Waals surface area contributed by atoms with Gasteiger partial charge in [-0.3, -0.25) is 9.78 Å². The van der Waals surface area contributed by atoms with Gasteiger partial charge in [0.15, 0.2) is 11.5 Å². The topological polar surface area (TPSA) is 48.4 Å². The molecule has 1 fully saturated rings. The Bertz CT molecular complexity index is 765. The third-order valence-corrected chi connectivity index (χ3v) is 4.78. The number of aromatic nitrogens is 1. The van der Waals surface area contributed by atoms with Gasteiger partial charge in [0, 0.05) is 17.8 Å². The lowest BCUT2D eigenvalue weighted by atomic mass is 9.88. The summed E-state index contributed by atoms with van der Waals surface area (Å²) in [5.74, 6) is 1.75. The third kappa shape index (κ3) is 2.48. The smallest absolute Gasteiger partial charge is 0.231 e. The van der Waals surface area contributed by atoms with Gasteiger partial charge in [-0.2, -0.15) is 0 Å². The molecule has 118 valence electrons. The van der Waals surface area contributed by atoms with Gasteiger partial charge < -0.3 is 9.47 Å². The quantitative estimate of drug-likeness (QED) is 0.851. The first-order valence-electron chi connectivity index (χ1n) is 8.09. The van der Waals surface area contributed by atoms with E-state index in [0.29, 0.717) is 6.42 Å². The molecule has 1 saturated carbocycles. The standard InChI is InChI=1S/C19H19NO3/c1-2-14-4-3-5-15(20-14)11-18(21)19(8-9-19)13-6-7-16-17(10-13)23-12-22-16/h3-7,10H,2,8-9,11-12H2,1H3. The molecule has 4 nitrogen and oxygen atoms in total. The predicted molar refractivity (Wildman–Crippen MR) is 85.8 cm³/mol. The third-order valence-electron chi connectivity index (χ3n) is 4.78. The highest BCUT2D eigenvalue weighted by Gasteiger charge is 2.50. The second kappa shape index (κ2) is 5.37. The van der Waals surface area contributed by atoms with Crippen LogP contribution in [0, 0.1) is 0 Å². The molecule has 1 aromatic carbocycles. The van der Waals surface area contributed by atoms with Gasteiger partial charge in [-0.1, -0.05) is 19.1 Å². The van der Waals surface area contributed by atoms with E-state index in [1.807, 2.05) is 36.4 Å². The Labute approximate surface area is 135 Å². The molecule has 0 saturated heterocycles. The van der Waals surface area contributed by atoms with Gasteiger partial charge in [0.05, 0.1) is 5.41 Å². The molecule has 2 aromatic rings. The Balaban J connectivity index is 1.57. The summed E-state index contributed by atoms with van der Waals surface area (Å²) in [4.78, 5) is 17.4. The largest absolute Gasteiger partial charge is 0.454 e. The summed E-state index contributed by atoms with van der Waals surface area (Å²) in [5.41, 5.74) is 2.58. The van der Waals surface area contributed by atoms with Gasteiger partial charge in [0.1, 0.15) is 5.78 Å². The maximum Gasteiger partial charge on any atom is 0.231 e. The van der Waals surface area contributed by atoms with Gasteiger partial charge in [-0.25, -0.2) is 0 Å². The van der Waals surface area contributed by atoms with Crippen molar-refractivity contribution in [3.8, 4) is 11.5 Å². The lowest BCUT2D eigenvalue weighted by Crippen LogP contribution is -2.23. The van der Waals surface area contributed by atoms with Crippen molar-refractivity contribution in [1.29, 1.82) is 0 Å². The number of aryl methyl sites for hydroxylation is 1. The summed E-state index contributed by atoms with van der Waals surface area (Å²) in [6, 6.07) is 11.8. The molecule has 0 spiro atoms. The predicted octanol–water partition coefficient (Wildman–Crippen LogP) is 3.22. The molecular formula is C19H19NO3. The van der Waals surface area contributed by atoms with E-state index >= 15 is 0 Å². The highest BCUT2D eigenvalue weighted by atomic mass is 16.7. The molecule has 4 rings (SSSR count). The summed E-state index contributed by atoms with van der Waals surface area (Å²) in [6.45, 7) is 2.33. The normalized spacial score (nSPS) is 17.1. The molecule has 0 atom stereocenters. The molecule has 1 aromatic heterocycles. The molecule has 0 bridgehead atoms. The van der Waals surface area contributed by atoms with Crippen molar-refractivity contribution in [1.82, 2.24) is 4.98 Å². The minimum atomic E-state index is -0.356. The summed E-state index contributed by atoms with van der Waals surface area (Å²) in [7, 11) is 0. The maximum atomic E-state index is 12.9. The van der Waals surface area contributed by atoms with Crippen molar-refractivity contribution >= 4 is 5.78 Å². The minimum Gasteiger partial charge on any atom is -0.454 e. The molecule has 23 heavy (non-hydrogen) atoms. The molecular weight excluding hydrogens is 290 g/mol. The van der Waals surface area contributed by atoms with Crippen molar-refractivity contribution in [3.05, 3.63) is 53.3 Å². The number of nitrogens with zero attached hydrogens (tertiary/aromatic N) is 1. The summed E-state index contributed by atoms with van der Waals surface area (Å²) in [6.07, 6.45) is 3.08. The number of carbonyl (C=O) groups excluding carboxylic acids is 1. The number of ketones is 1. The van der Waals surface area contributed by atoms with Crippen LogP contribution in [0.5, 0.6) is 11.5 Å². The number of pyridine rings is 1. The Morgan fingerprint density at radius 2 is 1.91 bits per heavy atom. The van der Waals surface area contributed by atoms with Crippen molar-refractivity contribution < 1.29 is 14.3 Å². The fourth-order valence-electron chi connectivity index (χ4n) is 3.21. The fourth-order valence-corrected chi connectivity index (χ4v) is 3.21. The van der Waals surface area contributed by atoms with E-state index in [4.69, 9.17) is 9.47 Å². The molecule has 4 heteroatoms. The van der Waals surface area contributed by atoms with Crippen LogP contribution in [0.4, 0.5) is 0 Å². The number of Topliss-reactive ketones (excluding diaryl/α,β-unsaturated/α-hetero) is 1. The molecule has 1 aliphatic carbocycles. The second-order valence-electron chi connectivity index (χ2n) is 6.22.